The Morgan fingerprint density at radius 3 is 2.17 bits per heavy atom. The number of nitrogens with zero attached hydrogens (tertiary/aromatic N) is 1. The van der Waals surface area contributed by atoms with Gasteiger partial charge in [0, 0.05) is 17.5 Å². The molecule has 5 fully saturated rings. The molecule has 5 saturated carbocycles. The number of nitrogens with one attached hydrogen (secondary N) is 3. The zero-order valence-electron chi connectivity index (χ0n) is 37.7. The van der Waals surface area contributed by atoms with Crippen molar-refractivity contribution in [1.82, 2.24) is 15.6 Å². The molecule has 0 unspecified atom stereocenters. The molecule has 324 valence electrons. The Labute approximate surface area is 351 Å². The molecule has 0 radical (unpaired) electrons. The molecule has 0 saturated heterocycles. The minimum Gasteiger partial charge on any atom is -0.481 e. The maximum atomic E-state index is 14.3. The van der Waals surface area contributed by atoms with E-state index in [1.54, 1.807) is 26.1 Å². The van der Waals surface area contributed by atoms with Crippen LogP contribution in [-0.2, 0) is 23.9 Å². The van der Waals surface area contributed by atoms with E-state index in [2.05, 4.69) is 69.4 Å². The third kappa shape index (κ3) is 6.56. The highest BCUT2D eigenvalue weighted by molar-refractivity contribution is 6.03. The first-order valence-corrected chi connectivity index (χ1v) is 22.3. The third-order valence-electron chi connectivity index (χ3n) is 18.0. The number of rotatable bonds is 8. The first-order chi connectivity index (χ1) is 27.2. The van der Waals surface area contributed by atoms with Gasteiger partial charge in [0.05, 0.1) is 29.3 Å². The number of fused-ring (bicyclic) bond motifs is 7. The maximum Gasteiger partial charge on any atom is 0.320 e. The van der Waals surface area contributed by atoms with Gasteiger partial charge >= 0.3 is 18.0 Å². The van der Waals surface area contributed by atoms with Gasteiger partial charge in [0.15, 0.2) is 5.78 Å². The zero-order valence-corrected chi connectivity index (χ0v) is 37.7. The van der Waals surface area contributed by atoms with Crippen molar-refractivity contribution >= 4 is 35.3 Å². The minimum absolute atomic E-state index is 0.0109. The highest BCUT2D eigenvalue weighted by atomic mass is 16.5. The van der Waals surface area contributed by atoms with Gasteiger partial charge in [0.1, 0.15) is 11.6 Å². The van der Waals surface area contributed by atoms with Gasteiger partial charge in [-0.3, -0.25) is 24.2 Å². The number of anilines is 1. The van der Waals surface area contributed by atoms with Crippen molar-refractivity contribution in [2.45, 2.75) is 164 Å². The molecular weight excluding hydrogens is 745 g/mol. The first-order valence-electron chi connectivity index (χ1n) is 22.3. The third-order valence-corrected chi connectivity index (χ3v) is 18.0. The molecule has 59 heavy (non-hydrogen) atoms. The number of aromatic nitrogens is 1. The van der Waals surface area contributed by atoms with Gasteiger partial charge in [-0.05, 0) is 147 Å². The summed E-state index contributed by atoms with van der Waals surface area (Å²) in [6, 6.07) is 3.07. The summed E-state index contributed by atoms with van der Waals surface area (Å²) >= 11 is 0. The van der Waals surface area contributed by atoms with E-state index in [9.17, 15) is 29.1 Å². The lowest BCUT2D eigenvalue weighted by Gasteiger charge is -2.72. The van der Waals surface area contributed by atoms with Crippen LogP contribution in [0.2, 0.25) is 0 Å². The number of aliphatic carboxylic acids is 1. The first kappa shape index (κ1) is 43.3. The van der Waals surface area contributed by atoms with Crippen molar-refractivity contribution in [3.63, 3.8) is 0 Å². The Morgan fingerprint density at radius 2 is 1.56 bits per heavy atom. The summed E-state index contributed by atoms with van der Waals surface area (Å²) in [5.74, 6) is -1.31. The van der Waals surface area contributed by atoms with Crippen LogP contribution in [0.15, 0.2) is 29.5 Å². The summed E-state index contributed by atoms with van der Waals surface area (Å²) in [6.07, 6.45) is 9.21. The lowest BCUT2D eigenvalue weighted by molar-refractivity contribution is -0.235. The Bertz CT molecular complexity index is 1970. The number of allylic oxidation sites excluding steroid dienone is 1. The number of esters is 1. The standard InChI is InChI=1S/C48H70N4O7/c1-26(2)36-32(53)24-48(51-40(57)44(8,9)52-41(58)50-28-14-13-27(3)49-25-28)22-21-46(11)29(37(36)48)15-16-34-45(10)19-18-35(43(6,7)33(45)17-20-47(34,46)12)59-39(56)31-23-30(38(54)55)42(31,4)5/h13-14,25-26,29-31,33-35H,15-24H2,1-12H3,(H,51,57)(H,54,55)(H2,50,52,58)/t29-,30+,31-,33+,34-,35+,45+,46-,47-,48-/m1/s1. The number of hydrogen-bond donors (Lipinski definition) is 4. The van der Waals surface area contributed by atoms with Crippen LogP contribution in [0, 0.1) is 69.5 Å². The predicted octanol–water partition coefficient (Wildman–Crippen LogP) is 8.80. The van der Waals surface area contributed by atoms with Gasteiger partial charge in [0.2, 0.25) is 5.91 Å². The lowest BCUT2D eigenvalue weighted by Crippen LogP contribution is -2.68. The molecule has 0 aliphatic heterocycles. The van der Waals surface area contributed by atoms with Crippen LogP contribution < -0.4 is 16.0 Å². The number of carbonyl (C=O) groups is 5. The molecule has 1 aromatic heterocycles. The molecule has 11 heteroatoms. The van der Waals surface area contributed by atoms with Gasteiger partial charge in [-0.15, -0.1) is 0 Å². The SMILES string of the molecule is Cc1ccc(NC(=O)NC(C)(C)C(=O)N[C@@]23CC[C@]4(C)[C@H](CC[C@@H]5[C@@]6(C)CC[C@H](OC(=O)[C@H]7C[C@@H](C(=O)O)C7(C)C)C(C)(C)[C@@H]6CC[C@]54C)C2=C(C(C)C)C(=O)C3)cn1. The highest BCUT2D eigenvalue weighted by Gasteiger charge is 2.71. The molecule has 3 amide bonds. The topological polar surface area (TPSA) is 164 Å². The van der Waals surface area contributed by atoms with Crippen LogP contribution in [0.1, 0.15) is 146 Å². The minimum atomic E-state index is -1.27. The fraction of sp³-hybridized carbons (Fsp3) is 0.750. The van der Waals surface area contributed by atoms with Crippen molar-refractivity contribution in [3.8, 4) is 0 Å². The van der Waals surface area contributed by atoms with Crippen molar-refractivity contribution < 1.29 is 33.8 Å². The molecule has 6 aliphatic carbocycles. The number of carboxylic acids is 1. The molecule has 0 spiro atoms. The van der Waals surface area contributed by atoms with Gasteiger partial charge in [-0.1, -0.05) is 62.3 Å². The maximum absolute atomic E-state index is 14.3. The van der Waals surface area contributed by atoms with Crippen LogP contribution in [0.3, 0.4) is 0 Å². The van der Waals surface area contributed by atoms with Gasteiger partial charge in [-0.25, -0.2) is 4.79 Å². The van der Waals surface area contributed by atoms with Gasteiger partial charge in [0.25, 0.3) is 0 Å². The van der Waals surface area contributed by atoms with Crippen LogP contribution >= 0.6 is 0 Å². The summed E-state index contributed by atoms with van der Waals surface area (Å²) in [5, 5.41) is 18.8. The number of carboxylic acid groups (broad SMARTS) is 1. The molecule has 6 aliphatic rings. The second-order valence-electron chi connectivity index (χ2n) is 22.4. The van der Waals surface area contributed by atoms with Crippen molar-refractivity contribution in [1.29, 1.82) is 0 Å². The molecule has 4 N–H and O–H groups in total. The number of ether oxygens (including phenoxy) is 1. The van der Waals surface area contributed by atoms with E-state index >= 15 is 0 Å². The van der Waals surface area contributed by atoms with Crippen molar-refractivity contribution in [3.05, 3.63) is 35.2 Å². The summed E-state index contributed by atoms with van der Waals surface area (Å²) < 4.78 is 6.41. The molecule has 0 bridgehead atoms. The number of Topliss-reactive ketones (excluding diaryl/α,β-unsaturated/α-hetero) is 1. The van der Waals surface area contributed by atoms with Crippen molar-refractivity contribution in [2.24, 2.45) is 62.6 Å². The summed E-state index contributed by atoms with van der Waals surface area (Å²) in [7, 11) is 0. The second-order valence-corrected chi connectivity index (χ2v) is 22.4. The van der Waals surface area contributed by atoms with E-state index in [0.717, 1.165) is 61.8 Å². The Morgan fingerprint density at radius 1 is 0.864 bits per heavy atom. The van der Waals surface area contributed by atoms with Crippen LogP contribution in [0.5, 0.6) is 0 Å². The van der Waals surface area contributed by atoms with Crippen molar-refractivity contribution in [2.75, 3.05) is 5.32 Å². The number of urea groups is 1. The quantitative estimate of drug-likeness (QED) is 0.189. The van der Waals surface area contributed by atoms with E-state index in [1.165, 1.54) is 0 Å². The van der Waals surface area contributed by atoms with E-state index in [-0.39, 0.29) is 63.7 Å². The fourth-order valence-electron chi connectivity index (χ4n) is 14.3. The summed E-state index contributed by atoms with van der Waals surface area (Å²) in [5.41, 5.74) is 0.304. The lowest BCUT2D eigenvalue weighted by atomic mass is 9.33. The smallest absolute Gasteiger partial charge is 0.320 e. The Balaban J connectivity index is 1.12. The molecule has 7 rings (SSSR count). The summed E-state index contributed by atoms with van der Waals surface area (Å²) in [4.78, 5) is 71.3. The normalized spacial score (nSPS) is 38.2. The van der Waals surface area contributed by atoms with E-state index < -0.39 is 40.3 Å². The van der Waals surface area contributed by atoms with Crippen LogP contribution in [0.25, 0.3) is 0 Å². The van der Waals surface area contributed by atoms with E-state index in [1.807, 2.05) is 26.8 Å². The molecule has 0 aromatic carbocycles. The highest BCUT2D eigenvalue weighted by Crippen LogP contribution is 2.76. The molecule has 10 atom stereocenters. The average molecular weight is 815 g/mol. The fourth-order valence-corrected chi connectivity index (χ4v) is 14.3. The predicted molar refractivity (Wildman–Crippen MR) is 226 cm³/mol. The number of carbonyl (C=O) groups excluding carboxylic acids is 4. The largest absolute Gasteiger partial charge is 0.481 e. The van der Waals surface area contributed by atoms with E-state index in [4.69, 9.17) is 4.74 Å². The zero-order chi connectivity index (χ0) is 43.5. The number of aryl methyl sites for hydroxylation is 1. The number of pyridine rings is 1. The molecule has 1 heterocycles. The summed E-state index contributed by atoms with van der Waals surface area (Å²) in [6.45, 7) is 25.3. The number of ketones is 1. The number of amides is 3. The molecule has 11 nitrogen and oxygen atoms in total. The Kier molecular flexibility index (Phi) is 10.4. The van der Waals surface area contributed by atoms with Gasteiger partial charge in [-0.2, -0.15) is 0 Å². The number of hydrogen-bond acceptors (Lipinski definition) is 7. The molecule has 1 aromatic rings. The van der Waals surface area contributed by atoms with E-state index in [0.29, 0.717) is 30.4 Å². The Hall–Kier alpha value is -3.76. The van der Waals surface area contributed by atoms with Gasteiger partial charge < -0.3 is 25.8 Å². The average Bonchev–Trinajstić information content (AvgIpc) is 3.41. The van der Waals surface area contributed by atoms with Crippen LogP contribution in [-0.4, -0.2) is 56.9 Å². The second kappa shape index (κ2) is 14.1. The monoisotopic (exact) mass is 815 g/mol. The van der Waals surface area contributed by atoms with Crippen LogP contribution in [0.4, 0.5) is 10.5 Å². The molecular formula is C48H70N4O7.